The summed E-state index contributed by atoms with van der Waals surface area (Å²) in [6.45, 7) is 2.05. The van der Waals surface area contributed by atoms with Crippen molar-refractivity contribution >= 4 is 39.3 Å². The number of sulfonamides is 1. The van der Waals surface area contributed by atoms with Crippen molar-refractivity contribution in [1.29, 1.82) is 0 Å². The molecule has 1 amide bonds. The molecule has 2 aromatic rings. The number of hydrogen-bond acceptors (Lipinski definition) is 7. The summed E-state index contributed by atoms with van der Waals surface area (Å²) in [6, 6.07) is 9.59. The van der Waals surface area contributed by atoms with Crippen LogP contribution in [-0.4, -0.2) is 45.0 Å². The monoisotopic (exact) mass is 515 g/mol. The first-order chi connectivity index (χ1) is 16.1. The van der Waals surface area contributed by atoms with Crippen molar-refractivity contribution in [2.45, 2.75) is 31.9 Å². The number of alkyl halides is 2. The van der Waals surface area contributed by atoms with Crippen LogP contribution >= 0.6 is 11.6 Å². The van der Waals surface area contributed by atoms with E-state index in [1.54, 1.807) is 42.2 Å². The van der Waals surface area contributed by atoms with Crippen LogP contribution in [0.15, 0.2) is 36.4 Å². The number of aromatic nitrogens is 1. The number of nitrogens with zero attached hydrogens (tertiary/aromatic N) is 2. The lowest BCUT2D eigenvalue weighted by Crippen LogP contribution is -2.43. The number of nitrogens with one attached hydrogen (secondary N) is 1. The van der Waals surface area contributed by atoms with Crippen LogP contribution in [0.2, 0.25) is 5.02 Å². The predicted octanol–water partition coefficient (Wildman–Crippen LogP) is 3.71. The third-order valence-electron chi connectivity index (χ3n) is 5.31. The molecule has 3 rings (SSSR count). The molecule has 2 heterocycles. The van der Waals surface area contributed by atoms with Crippen LogP contribution in [-0.2, 0) is 25.3 Å². The smallest absolute Gasteiger partial charge is 0.340 e. The third-order valence-corrected chi connectivity index (χ3v) is 6.81. The van der Waals surface area contributed by atoms with E-state index >= 15 is 0 Å². The lowest BCUT2D eigenvalue weighted by Gasteiger charge is -2.33. The number of carbonyl (C=O) groups is 2. The SMILES string of the molecule is CCOC(=O)c1cc(Cl)c(N2CCC(C(=O)NS(=O)(=O)Cc3ccccc3)CC2)nc1C(F)F. The Hall–Kier alpha value is -2.79. The zero-order chi connectivity index (χ0) is 24.9. The minimum atomic E-state index is -3.86. The number of benzene rings is 1. The maximum absolute atomic E-state index is 13.5. The van der Waals surface area contributed by atoms with E-state index in [-0.39, 0.29) is 49.1 Å². The van der Waals surface area contributed by atoms with Crippen LogP contribution in [0.1, 0.15) is 47.8 Å². The first-order valence-corrected chi connectivity index (χ1v) is 12.6. The molecule has 34 heavy (non-hydrogen) atoms. The molecule has 0 aliphatic carbocycles. The minimum Gasteiger partial charge on any atom is -0.462 e. The van der Waals surface area contributed by atoms with Gasteiger partial charge in [-0.3, -0.25) is 9.52 Å². The van der Waals surface area contributed by atoms with E-state index in [0.717, 1.165) is 6.07 Å². The Morgan fingerprint density at radius 1 is 1.24 bits per heavy atom. The van der Waals surface area contributed by atoms with Crippen LogP contribution < -0.4 is 9.62 Å². The van der Waals surface area contributed by atoms with Crippen molar-refractivity contribution in [3.63, 3.8) is 0 Å². The molecule has 12 heteroatoms. The fourth-order valence-electron chi connectivity index (χ4n) is 3.67. The molecule has 8 nitrogen and oxygen atoms in total. The highest BCUT2D eigenvalue weighted by Crippen LogP contribution is 2.33. The molecule has 1 aromatic heterocycles. The molecule has 0 saturated carbocycles. The molecule has 0 spiro atoms. The van der Waals surface area contributed by atoms with Gasteiger partial charge in [0.1, 0.15) is 11.5 Å². The summed E-state index contributed by atoms with van der Waals surface area (Å²) >= 11 is 6.23. The summed E-state index contributed by atoms with van der Waals surface area (Å²) in [6.07, 6.45) is -2.48. The van der Waals surface area contributed by atoms with Gasteiger partial charge < -0.3 is 9.64 Å². The van der Waals surface area contributed by atoms with Crippen LogP contribution in [0.25, 0.3) is 0 Å². The molecule has 1 aliphatic heterocycles. The van der Waals surface area contributed by atoms with Crippen LogP contribution in [0, 0.1) is 5.92 Å². The normalized spacial score (nSPS) is 14.8. The number of pyridine rings is 1. The average Bonchev–Trinajstić information content (AvgIpc) is 2.79. The van der Waals surface area contributed by atoms with Gasteiger partial charge in [0.05, 0.1) is 22.9 Å². The molecular formula is C22H24ClF2N3O5S. The summed E-state index contributed by atoms with van der Waals surface area (Å²) in [5, 5.41) is 0.000735. The number of anilines is 1. The van der Waals surface area contributed by atoms with Crippen molar-refractivity contribution in [3.8, 4) is 0 Å². The molecule has 0 atom stereocenters. The van der Waals surface area contributed by atoms with E-state index in [0.29, 0.717) is 5.56 Å². The molecular weight excluding hydrogens is 492 g/mol. The Kier molecular flexibility index (Phi) is 8.42. The van der Waals surface area contributed by atoms with E-state index in [1.165, 1.54) is 0 Å². The largest absolute Gasteiger partial charge is 0.462 e. The van der Waals surface area contributed by atoms with Crippen molar-refractivity contribution in [1.82, 2.24) is 9.71 Å². The van der Waals surface area contributed by atoms with Crippen LogP contribution in [0.4, 0.5) is 14.6 Å². The number of ether oxygens (including phenoxy) is 1. The van der Waals surface area contributed by atoms with Crippen molar-refractivity contribution in [2.75, 3.05) is 24.6 Å². The van der Waals surface area contributed by atoms with E-state index < -0.39 is 45.5 Å². The van der Waals surface area contributed by atoms with Gasteiger partial charge in [-0.05, 0) is 31.4 Å². The molecule has 1 saturated heterocycles. The van der Waals surface area contributed by atoms with Crippen LogP contribution in [0.3, 0.4) is 0 Å². The first-order valence-electron chi connectivity index (χ1n) is 10.6. The van der Waals surface area contributed by atoms with Gasteiger partial charge in [0, 0.05) is 19.0 Å². The second-order valence-electron chi connectivity index (χ2n) is 7.72. The molecule has 0 unspecified atom stereocenters. The third kappa shape index (κ3) is 6.41. The zero-order valence-electron chi connectivity index (χ0n) is 18.3. The molecule has 0 bridgehead atoms. The number of esters is 1. The van der Waals surface area contributed by atoms with Gasteiger partial charge in [0.15, 0.2) is 0 Å². The Labute approximate surface area is 201 Å². The lowest BCUT2D eigenvalue weighted by atomic mass is 9.96. The fourth-order valence-corrected chi connectivity index (χ4v) is 5.12. The number of amides is 1. The average molecular weight is 516 g/mol. The van der Waals surface area contributed by atoms with Gasteiger partial charge in [-0.2, -0.15) is 0 Å². The summed E-state index contributed by atoms with van der Waals surface area (Å²) < 4.78 is 58.7. The summed E-state index contributed by atoms with van der Waals surface area (Å²) in [5.74, 6) is -2.37. The summed E-state index contributed by atoms with van der Waals surface area (Å²) in [4.78, 5) is 30.1. The number of halogens is 3. The van der Waals surface area contributed by atoms with Gasteiger partial charge in [-0.15, -0.1) is 0 Å². The molecule has 184 valence electrons. The lowest BCUT2D eigenvalue weighted by molar-refractivity contribution is -0.123. The number of rotatable bonds is 8. The number of hydrogen-bond donors (Lipinski definition) is 1. The molecule has 0 radical (unpaired) electrons. The zero-order valence-corrected chi connectivity index (χ0v) is 19.9. The quantitative estimate of drug-likeness (QED) is 0.534. The molecule has 1 aromatic carbocycles. The first kappa shape index (κ1) is 25.8. The van der Waals surface area contributed by atoms with Crippen LogP contribution in [0.5, 0.6) is 0 Å². The van der Waals surface area contributed by atoms with Gasteiger partial charge >= 0.3 is 5.97 Å². The number of carbonyl (C=O) groups excluding carboxylic acids is 2. The predicted molar refractivity (Wildman–Crippen MR) is 122 cm³/mol. The van der Waals surface area contributed by atoms with Gasteiger partial charge in [-0.1, -0.05) is 41.9 Å². The van der Waals surface area contributed by atoms with Gasteiger partial charge in [0.2, 0.25) is 15.9 Å². The highest BCUT2D eigenvalue weighted by Gasteiger charge is 2.31. The van der Waals surface area contributed by atoms with Gasteiger partial charge in [-0.25, -0.2) is 27.0 Å². The Balaban J connectivity index is 1.66. The Bertz CT molecular complexity index is 1140. The standard InChI is InChI=1S/C22H24ClF2N3O5S/c1-2-33-22(30)16-12-17(23)20(26-18(16)19(24)25)28-10-8-15(9-11-28)21(29)27-34(31,32)13-14-6-4-3-5-7-14/h3-7,12,15,19H,2,8-11,13H2,1H3,(H,27,29). The van der Waals surface area contributed by atoms with E-state index in [4.69, 9.17) is 16.3 Å². The highest BCUT2D eigenvalue weighted by atomic mass is 35.5. The van der Waals surface area contributed by atoms with E-state index in [2.05, 4.69) is 9.71 Å². The molecule has 1 fully saturated rings. The summed E-state index contributed by atoms with van der Waals surface area (Å²) in [7, 11) is -3.86. The highest BCUT2D eigenvalue weighted by molar-refractivity contribution is 7.89. The van der Waals surface area contributed by atoms with E-state index in [1.807, 2.05) is 0 Å². The topological polar surface area (TPSA) is 106 Å². The van der Waals surface area contributed by atoms with Crippen molar-refractivity contribution < 1.29 is 31.5 Å². The molecule has 1 N–H and O–H groups in total. The maximum atomic E-state index is 13.5. The number of piperidine rings is 1. The maximum Gasteiger partial charge on any atom is 0.340 e. The van der Waals surface area contributed by atoms with Gasteiger partial charge in [0.25, 0.3) is 6.43 Å². The van der Waals surface area contributed by atoms with Crippen molar-refractivity contribution in [3.05, 3.63) is 58.2 Å². The summed E-state index contributed by atoms with van der Waals surface area (Å²) in [5.41, 5.74) is -0.576. The molecule has 1 aliphatic rings. The fraction of sp³-hybridized carbons (Fsp3) is 0.409. The second kappa shape index (κ2) is 11.1. The van der Waals surface area contributed by atoms with Crippen molar-refractivity contribution in [2.24, 2.45) is 5.92 Å². The van der Waals surface area contributed by atoms with E-state index in [9.17, 15) is 26.8 Å². The Morgan fingerprint density at radius 2 is 1.88 bits per heavy atom. The second-order valence-corrected chi connectivity index (χ2v) is 9.85. The Morgan fingerprint density at radius 3 is 2.47 bits per heavy atom. The minimum absolute atomic E-state index is 0.000735.